The SMILES string of the molecule is C=CC(=O)O.CC(O)CO.O=C(CS)OCCOC(=O)CS. The summed E-state index contributed by atoms with van der Waals surface area (Å²) in [7, 11) is 0. The summed E-state index contributed by atoms with van der Waals surface area (Å²) < 4.78 is 9.14. The molecule has 1 atom stereocenters. The number of thiol groups is 2. The highest BCUT2D eigenvalue weighted by Gasteiger charge is 2.00. The van der Waals surface area contributed by atoms with Crippen molar-refractivity contribution in [1.29, 1.82) is 0 Å². The molecular weight excluding hydrogens is 336 g/mol. The average Bonchev–Trinajstić information content (AvgIpc) is 2.51. The molecule has 0 saturated heterocycles. The van der Waals surface area contributed by atoms with Gasteiger partial charge in [-0.1, -0.05) is 6.58 Å². The second-order valence-electron chi connectivity index (χ2n) is 3.33. The lowest BCUT2D eigenvalue weighted by Crippen LogP contribution is -2.14. The number of hydrogen-bond donors (Lipinski definition) is 5. The molecule has 0 aliphatic heterocycles. The number of carbonyl (C=O) groups is 3. The maximum atomic E-state index is 10.5. The molecule has 0 saturated carbocycles. The van der Waals surface area contributed by atoms with Crippen molar-refractivity contribution in [2.75, 3.05) is 31.3 Å². The number of carbonyl (C=O) groups excluding carboxylic acids is 2. The van der Waals surface area contributed by atoms with Crippen molar-refractivity contribution in [3.05, 3.63) is 12.7 Å². The Morgan fingerprint density at radius 3 is 1.55 bits per heavy atom. The third-order valence-electron chi connectivity index (χ3n) is 1.31. The monoisotopic (exact) mass is 358 g/mol. The summed E-state index contributed by atoms with van der Waals surface area (Å²) in [4.78, 5) is 30.2. The average molecular weight is 358 g/mol. The van der Waals surface area contributed by atoms with E-state index in [2.05, 4.69) is 41.3 Å². The van der Waals surface area contributed by atoms with Crippen LogP contribution in [0.3, 0.4) is 0 Å². The molecule has 22 heavy (non-hydrogen) atoms. The molecule has 0 fully saturated rings. The highest BCUT2D eigenvalue weighted by molar-refractivity contribution is 7.81. The van der Waals surface area contributed by atoms with Crippen LogP contribution < -0.4 is 0 Å². The Morgan fingerprint density at radius 2 is 1.41 bits per heavy atom. The van der Waals surface area contributed by atoms with Crippen LogP contribution in [0.15, 0.2) is 12.7 Å². The minimum atomic E-state index is -0.981. The normalized spacial score (nSPS) is 9.86. The van der Waals surface area contributed by atoms with Gasteiger partial charge >= 0.3 is 17.9 Å². The summed E-state index contributed by atoms with van der Waals surface area (Å²) in [6, 6.07) is 0. The van der Waals surface area contributed by atoms with E-state index in [0.29, 0.717) is 0 Å². The number of esters is 2. The van der Waals surface area contributed by atoms with Gasteiger partial charge in [0, 0.05) is 6.08 Å². The number of aliphatic carboxylic acids is 1. The molecule has 0 spiro atoms. The number of aliphatic hydroxyl groups excluding tert-OH is 2. The maximum Gasteiger partial charge on any atom is 0.327 e. The van der Waals surface area contributed by atoms with Crippen LogP contribution in [0.4, 0.5) is 0 Å². The molecule has 0 aromatic rings. The molecule has 0 aliphatic carbocycles. The number of rotatable bonds is 7. The summed E-state index contributed by atoms with van der Waals surface area (Å²) in [5.41, 5.74) is 0. The molecule has 1 unspecified atom stereocenters. The quantitative estimate of drug-likeness (QED) is 0.179. The Hall–Kier alpha value is -1.23. The van der Waals surface area contributed by atoms with Gasteiger partial charge in [-0.2, -0.15) is 25.3 Å². The van der Waals surface area contributed by atoms with Gasteiger partial charge in [-0.05, 0) is 6.92 Å². The molecule has 3 N–H and O–H groups in total. The summed E-state index contributed by atoms with van der Waals surface area (Å²) in [5.74, 6) is -1.79. The molecule has 0 rings (SSSR count). The van der Waals surface area contributed by atoms with Gasteiger partial charge in [0.1, 0.15) is 13.2 Å². The number of aliphatic hydroxyl groups is 2. The zero-order valence-electron chi connectivity index (χ0n) is 12.2. The van der Waals surface area contributed by atoms with E-state index in [-0.39, 0.29) is 31.3 Å². The van der Waals surface area contributed by atoms with Crippen LogP contribution >= 0.6 is 25.3 Å². The summed E-state index contributed by atoms with van der Waals surface area (Å²) >= 11 is 7.36. The highest BCUT2D eigenvalue weighted by atomic mass is 32.1. The fraction of sp³-hybridized carbons (Fsp3) is 0.583. The number of hydrogen-bond acceptors (Lipinski definition) is 9. The zero-order chi connectivity index (χ0) is 18.0. The second kappa shape index (κ2) is 19.8. The van der Waals surface area contributed by atoms with E-state index in [1.807, 2.05) is 0 Å². The van der Waals surface area contributed by atoms with Gasteiger partial charge in [-0.3, -0.25) is 9.59 Å². The summed E-state index contributed by atoms with van der Waals surface area (Å²) in [6.07, 6.45) is 0.273. The standard InChI is InChI=1S/C6H10O4S2.C3H8O2.C3H4O2/c7-5(3-11)9-1-2-10-6(8)4-12;1-3(5)2-4;1-2-3(4)5/h11-12H,1-4H2;3-5H,2H2,1H3;2H,1H2,(H,4,5). The van der Waals surface area contributed by atoms with Gasteiger partial charge in [0.25, 0.3) is 0 Å². The molecule has 0 aliphatic rings. The van der Waals surface area contributed by atoms with Crippen LogP contribution in [0.1, 0.15) is 6.92 Å². The molecule has 8 nitrogen and oxygen atoms in total. The molecule has 0 amide bonds. The van der Waals surface area contributed by atoms with Gasteiger partial charge in [-0.15, -0.1) is 0 Å². The molecule has 0 heterocycles. The zero-order valence-corrected chi connectivity index (χ0v) is 14.0. The predicted octanol–water partition coefficient (Wildman–Crippen LogP) is -0.451. The van der Waals surface area contributed by atoms with Crippen molar-refractivity contribution in [2.45, 2.75) is 13.0 Å². The summed E-state index contributed by atoms with van der Waals surface area (Å²) in [6.45, 7) is 4.49. The van der Waals surface area contributed by atoms with E-state index in [4.69, 9.17) is 15.3 Å². The lowest BCUT2D eigenvalue weighted by molar-refractivity contribution is -0.148. The van der Waals surface area contributed by atoms with E-state index in [1.54, 1.807) is 0 Å². The first-order valence-electron chi connectivity index (χ1n) is 5.92. The molecule has 10 heteroatoms. The molecule has 0 aromatic carbocycles. The minimum absolute atomic E-state index is 0.0283. The van der Waals surface area contributed by atoms with Crippen molar-refractivity contribution in [1.82, 2.24) is 0 Å². The van der Waals surface area contributed by atoms with Crippen molar-refractivity contribution in [3.8, 4) is 0 Å². The van der Waals surface area contributed by atoms with Crippen LogP contribution in [0.5, 0.6) is 0 Å². The van der Waals surface area contributed by atoms with Crippen molar-refractivity contribution in [2.24, 2.45) is 0 Å². The van der Waals surface area contributed by atoms with Crippen molar-refractivity contribution >= 4 is 43.2 Å². The van der Waals surface area contributed by atoms with Crippen molar-refractivity contribution in [3.63, 3.8) is 0 Å². The molecule has 130 valence electrons. The van der Waals surface area contributed by atoms with Gasteiger partial charge in [0.2, 0.25) is 0 Å². The Bertz CT molecular complexity index is 302. The third-order valence-corrected chi connectivity index (χ3v) is 1.82. The largest absolute Gasteiger partial charge is 0.478 e. The number of ether oxygens (including phenoxy) is 2. The smallest absolute Gasteiger partial charge is 0.327 e. The fourth-order valence-corrected chi connectivity index (χ4v) is 0.585. The first kappa shape index (κ1) is 25.7. The Labute approximate surface area is 139 Å². The van der Waals surface area contributed by atoms with E-state index < -0.39 is 24.0 Å². The highest BCUT2D eigenvalue weighted by Crippen LogP contribution is 1.85. The minimum Gasteiger partial charge on any atom is -0.478 e. The van der Waals surface area contributed by atoms with E-state index in [1.165, 1.54) is 6.92 Å². The van der Waals surface area contributed by atoms with Crippen molar-refractivity contribution < 1.29 is 39.2 Å². The Morgan fingerprint density at radius 1 is 1.14 bits per heavy atom. The van der Waals surface area contributed by atoms with E-state index in [0.717, 1.165) is 6.08 Å². The number of carboxylic acid groups (broad SMARTS) is 1. The van der Waals surface area contributed by atoms with Crippen LogP contribution in [0.25, 0.3) is 0 Å². The van der Waals surface area contributed by atoms with Gasteiger partial charge in [0.05, 0.1) is 24.2 Å². The molecular formula is C12H22O8S2. The lowest BCUT2D eigenvalue weighted by atomic mass is 10.5. The predicted molar refractivity (Wildman–Crippen MR) is 86.2 cm³/mol. The second-order valence-corrected chi connectivity index (χ2v) is 3.96. The van der Waals surface area contributed by atoms with E-state index in [9.17, 15) is 14.4 Å². The molecule has 0 radical (unpaired) electrons. The van der Waals surface area contributed by atoms with Crippen LogP contribution in [0, 0.1) is 0 Å². The van der Waals surface area contributed by atoms with Crippen LogP contribution in [-0.2, 0) is 23.9 Å². The Kier molecular flexibility index (Phi) is 23.1. The first-order valence-corrected chi connectivity index (χ1v) is 7.18. The van der Waals surface area contributed by atoms with Crippen LogP contribution in [0.2, 0.25) is 0 Å². The Balaban J connectivity index is -0.000000298. The topological polar surface area (TPSA) is 130 Å². The first-order chi connectivity index (χ1) is 10.2. The lowest BCUT2D eigenvalue weighted by Gasteiger charge is -2.03. The fourth-order valence-electron chi connectivity index (χ4n) is 0.402. The van der Waals surface area contributed by atoms with Crippen LogP contribution in [-0.4, -0.2) is 70.7 Å². The van der Waals surface area contributed by atoms with Gasteiger partial charge in [-0.25, -0.2) is 4.79 Å². The van der Waals surface area contributed by atoms with E-state index >= 15 is 0 Å². The molecule has 0 bridgehead atoms. The number of carboxylic acids is 1. The third kappa shape index (κ3) is 31.3. The molecule has 0 aromatic heterocycles. The van der Waals surface area contributed by atoms with Gasteiger partial charge in [0.15, 0.2) is 0 Å². The maximum absolute atomic E-state index is 10.5. The van der Waals surface area contributed by atoms with Gasteiger partial charge < -0.3 is 24.8 Å². The summed E-state index contributed by atoms with van der Waals surface area (Å²) in [5, 5.41) is 23.6.